The molecule has 1 aliphatic heterocycles. The lowest BCUT2D eigenvalue weighted by Gasteiger charge is -2.24. The van der Waals surface area contributed by atoms with Gasteiger partial charge in [0.15, 0.2) is 0 Å². The van der Waals surface area contributed by atoms with E-state index >= 15 is 0 Å². The second-order valence-corrected chi connectivity index (χ2v) is 7.13. The van der Waals surface area contributed by atoms with Gasteiger partial charge in [-0.3, -0.25) is 0 Å². The van der Waals surface area contributed by atoms with Crippen molar-refractivity contribution in [2.75, 3.05) is 0 Å². The third-order valence-corrected chi connectivity index (χ3v) is 5.19. The van der Waals surface area contributed by atoms with Crippen LogP contribution in [0.15, 0.2) is 78.9 Å². The second kappa shape index (κ2) is 6.70. The molecule has 1 aliphatic rings. The minimum absolute atomic E-state index is 0.229. The molecule has 0 saturated carbocycles. The highest BCUT2D eigenvalue weighted by Gasteiger charge is 2.24. The van der Waals surface area contributed by atoms with E-state index < -0.39 is 0 Å². The van der Waals surface area contributed by atoms with Crippen molar-refractivity contribution in [1.29, 1.82) is 0 Å². The Balaban J connectivity index is 1.83. The monoisotopic (exact) mass is 385 g/mol. The van der Waals surface area contributed by atoms with Gasteiger partial charge in [0, 0.05) is 27.3 Å². The van der Waals surface area contributed by atoms with Gasteiger partial charge in [-0.25, -0.2) is 4.98 Å². The fraction of sp³-hybridized carbons (Fsp3) is 0.0417. The minimum Gasteiger partial charge on any atom is -0.507 e. The second-order valence-electron chi connectivity index (χ2n) is 6.69. The molecule has 1 N–H and O–H groups in total. The number of hydrogen-bond acceptors (Lipinski definition) is 3. The van der Waals surface area contributed by atoms with Gasteiger partial charge in [-0.05, 0) is 42.0 Å². The average Bonchev–Trinajstić information content (AvgIpc) is 2.73. The lowest BCUT2D eigenvalue weighted by atomic mass is 9.92. The topological polar surface area (TPSA) is 42.4 Å². The first-order valence-electron chi connectivity index (χ1n) is 9.01. The molecule has 0 bridgehead atoms. The van der Waals surface area contributed by atoms with E-state index in [0.29, 0.717) is 11.6 Å². The fourth-order valence-corrected chi connectivity index (χ4v) is 3.81. The van der Waals surface area contributed by atoms with E-state index in [2.05, 4.69) is 0 Å². The van der Waals surface area contributed by atoms with E-state index in [1.54, 1.807) is 6.07 Å². The first kappa shape index (κ1) is 16.8. The molecule has 3 aromatic carbocycles. The number of aromatic nitrogens is 1. The summed E-state index contributed by atoms with van der Waals surface area (Å²) >= 11 is 6.21. The molecule has 28 heavy (non-hydrogen) atoms. The van der Waals surface area contributed by atoms with Crippen LogP contribution in [-0.4, -0.2) is 10.1 Å². The maximum Gasteiger partial charge on any atom is 0.129 e. The van der Waals surface area contributed by atoms with Crippen molar-refractivity contribution in [2.24, 2.45) is 0 Å². The van der Waals surface area contributed by atoms with Crippen LogP contribution in [0.25, 0.3) is 33.6 Å². The number of nitrogens with zero attached hydrogens (tertiary/aromatic N) is 1. The van der Waals surface area contributed by atoms with Crippen LogP contribution in [-0.2, 0) is 6.61 Å². The molecule has 0 fully saturated rings. The lowest BCUT2D eigenvalue weighted by molar-refractivity contribution is 0.302. The Bertz CT molecular complexity index is 1200. The van der Waals surface area contributed by atoms with E-state index in [0.717, 1.165) is 45.0 Å². The number of ether oxygens (including phenoxy) is 1. The summed E-state index contributed by atoms with van der Waals surface area (Å²) in [5.74, 6) is 1.04. The van der Waals surface area contributed by atoms with Gasteiger partial charge in [0.1, 0.15) is 18.1 Å². The van der Waals surface area contributed by atoms with Crippen LogP contribution in [0.2, 0.25) is 5.02 Å². The molecule has 5 rings (SSSR count). The highest BCUT2D eigenvalue weighted by Crippen LogP contribution is 2.43. The van der Waals surface area contributed by atoms with E-state index in [9.17, 15) is 5.11 Å². The van der Waals surface area contributed by atoms with Gasteiger partial charge in [0.25, 0.3) is 0 Å². The predicted octanol–water partition coefficient (Wildman–Crippen LogP) is 6.33. The molecule has 4 aromatic rings. The van der Waals surface area contributed by atoms with Crippen molar-refractivity contribution in [1.82, 2.24) is 4.98 Å². The quantitative estimate of drug-likeness (QED) is 0.438. The zero-order valence-electron chi connectivity index (χ0n) is 14.9. The highest BCUT2D eigenvalue weighted by molar-refractivity contribution is 6.30. The smallest absolute Gasteiger partial charge is 0.129 e. The molecule has 0 spiro atoms. The normalized spacial score (nSPS) is 12.0. The molecule has 3 nitrogen and oxygen atoms in total. The van der Waals surface area contributed by atoms with Gasteiger partial charge in [-0.1, -0.05) is 54.1 Å². The van der Waals surface area contributed by atoms with E-state index in [1.807, 2.05) is 72.8 Å². The first-order valence-corrected chi connectivity index (χ1v) is 9.39. The van der Waals surface area contributed by atoms with Crippen LogP contribution in [0.1, 0.15) is 5.56 Å². The number of halogens is 1. The molecular weight excluding hydrogens is 370 g/mol. The number of rotatable bonds is 2. The van der Waals surface area contributed by atoms with Crippen LogP contribution < -0.4 is 4.74 Å². The molecule has 0 unspecified atom stereocenters. The summed E-state index contributed by atoms with van der Waals surface area (Å²) in [6.45, 7) is 0.402. The number of hydrogen-bond donors (Lipinski definition) is 1. The Labute approximate surface area is 167 Å². The molecular formula is C24H16ClNO2. The number of fused-ring (bicyclic) bond motifs is 3. The van der Waals surface area contributed by atoms with Crippen LogP contribution in [0.3, 0.4) is 0 Å². The molecule has 1 aromatic heterocycles. The van der Waals surface area contributed by atoms with E-state index in [-0.39, 0.29) is 5.75 Å². The number of phenolic OH excluding ortho intramolecular Hbond substituents is 1. The van der Waals surface area contributed by atoms with Gasteiger partial charge in [0.2, 0.25) is 0 Å². The van der Waals surface area contributed by atoms with Gasteiger partial charge in [-0.2, -0.15) is 0 Å². The number of benzene rings is 3. The summed E-state index contributed by atoms with van der Waals surface area (Å²) in [7, 11) is 0. The van der Waals surface area contributed by atoms with Crippen LogP contribution in [0, 0.1) is 0 Å². The van der Waals surface area contributed by atoms with Gasteiger partial charge in [-0.15, -0.1) is 0 Å². The van der Waals surface area contributed by atoms with E-state index in [1.165, 1.54) is 0 Å². The molecule has 0 aliphatic carbocycles. The predicted molar refractivity (Wildman–Crippen MR) is 112 cm³/mol. The molecule has 2 heterocycles. The molecule has 0 amide bonds. The fourth-order valence-electron chi connectivity index (χ4n) is 3.62. The first-order chi connectivity index (χ1) is 13.7. The Morgan fingerprint density at radius 2 is 1.61 bits per heavy atom. The Morgan fingerprint density at radius 1 is 0.821 bits per heavy atom. The highest BCUT2D eigenvalue weighted by atomic mass is 35.5. The largest absolute Gasteiger partial charge is 0.507 e. The summed E-state index contributed by atoms with van der Waals surface area (Å²) in [4.78, 5) is 4.96. The maximum atomic E-state index is 10.5. The molecule has 4 heteroatoms. The third kappa shape index (κ3) is 2.81. The van der Waals surface area contributed by atoms with Crippen LogP contribution in [0.4, 0.5) is 0 Å². The van der Waals surface area contributed by atoms with E-state index in [4.69, 9.17) is 21.3 Å². The third-order valence-electron chi connectivity index (χ3n) is 4.95. The average molecular weight is 386 g/mol. The van der Waals surface area contributed by atoms with Crippen molar-refractivity contribution >= 4 is 11.6 Å². The van der Waals surface area contributed by atoms with Crippen molar-refractivity contribution in [3.05, 3.63) is 89.4 Å². The minimum atomic E-state index is 0.229. The van der Waals surface area contributed by atoms with Crippen molar-refractivity contribution in [3.63, 3.8) is 0 Å². The zero-order valence-corrected chi connectivity index (χ0v) is 15.6. The standard InChI is InChI=1S/C24H16ClNO2/c25-16-7-5-6-15(12-16)21-13-19(17-8-1-3-10-22(17)27)20-14-28-23-11-4-2-9-18(23)24(20)26-21/h1-13,27H,14H2. The Morgan fingerprint density at radius 3 is 2.43 bits per heavy atom. The van der Waals surface area contributed by atoms with Crippen LogP contribution in [0.5, 0.6) is 11.5 Å². The zero-order chi connectivity index (χ0) is 19.1. The summed E-state index contributed by atoms with van der Waals surface area (Å²) in [5, 5.41) is 11.1. The maximum absolute atomic E-state index is 10.5. The summed E-state index contributed by atoms with van der Waals surface area (Å²) in [6, 6.07) is 24.9. The molecule has 136 valence electrons. The SMILES string of the molecule is Oc1ccccc1-c1cc(-c2cccc(Cl)c2)nc2c1COc1ccccc1-2. The van der Waals surface area contributed by atoms with Crippen molar-refractivity contribution in [3.8, 4) is 45.1 Å². The summed E-state index contributed by atoms with van der Waals surface area (Å²) in [6.07, 6.45) is 0. The Kier molecular flexibility index (Phi) is 4.03. The molecule has 0 atom stereocenters. The molecule has 0 radical (unpaired) electrons. The van der Waals surface area contributed by atoms with Crippen molar-refractivity contribution < 1.29 is 9.84 Å². The summed E-state index contributed by atoms with van der Waals surface area (Å²) < 4.78 is 5.97. The number of para-hydroxylation sites is 2. The van der Waals surface area contributed by atoms with Gasteiger partial charge < -0.3 is 9.84 Å². The number of aromatic hydroxyl groups is 1. The van der Waals surface area contributed by atoms with Gasteiger partial charge >= 0.3 is 0 Å². The van der Waals surface area contributed by atoms with Gasteiger partial charge in [0.05, 0.1) is 11.4 Å². The Hall–Kier alpha value is -3.30. The van der Waals surface area contributed by atoms with Crippen LogP contribution >= 0.6 is 11.6 Å². The van der Waals surface area contributed by atoms with Crippen molar-refractivity contribution in [2.45, 2.75) is 6.61 Å². The number of pyridine rings is 1. The molecule has 0 saturated heterocycles. The lowest BCUT2D eigenvalue weighted by Crippen LogP contribution is -2.09. The summed E-state index contributed by atoms with van der Waals surface area (Å²) in [5.41, 5.74) is 6.18. The number of phenols is 1.